The summed E-state index contributed by atoms with van der Waals surface area (Å²) < 4.78 is 31.6. The van der Waals surface area contributed by atoms with E-state index in [0.717, 1.165) is 5.69 Å². The molecular formula is C24H30ClN4O3PS. The van der Waals surface area contributed by atoms with Crippen molar-refractivity contribution in [3.8, 4) is 5.75 Å². The highest BCUT2D eigenvalue weighted by Crippen LogP contribution is 2.34. The number of hydrogen-bond acceptors (Lipinski definition) is 7. The lowest BCUT2D eigenvalue weighted by molar-refractivity contribution is 0.244. The summed E-state index contributed by atoms with van der Waals surface area (Å²) in [6.07, 6.45) is 1.46. The van der Waals surface area contributed by atoms with E-state index in [1.54, 1.807) is 38.1 Å². The van der Waals surface area contributed by atoms with Gasteiger partial charge in [-0.25, -0.2) is 13.4 Å². The molecule has 1 heterocycles. The van der Waals surface area contributed by atoms with Crippen LogP contribution in [0.25, 0.3) is 0 Å². The van der Waals surface area contributed by atoms with Crippen molar-refractivity contribution in [2.24, 2.45) is 0 Å². The van der Waals surface area contributed by atoms with Gasteiger partial charge in [0.15, 0.2) is 15.7 Å². The first-order valence-electron chi connectivity index (χ1n) is 10.9. The SMILES string of the molecule is CC(C)Oc1cc(P(C)C)ccc1Nc1ncc(Cl)c(Nc2ccccc2S(=O)(=O)C(C)C)n1. The van der Waals surface area contributed by atoms with Gasteiger partial charge in [-0.1, -0.05) is 37.7 Å². The van der Waals surface area contributed by atoms with Crippen molar-refractivity contribution in [3.05, 3.63) is 53.7 Å². The first-order valence-corrected chi connectivity index (χ1v) is 15.0. The van der Waals surface area contributed by atoms with E-state index in [0.29, 0.717) is 23.2 Å². The average molecular weight is 521 g/mol. The van der Waals surface area contributed by atoms with Crippen LogP contribution in [0.3, 0.4) is 0 Å². The molecule has 7 nitrogen and oxygen atoms in total. The van der Waals surface area contributed by atoms with Crippen molar-refractivity contribution < 1.29 is 13.2 Å². The van der Waals surface area contributed by atoms with E-state index >= 15 is 0 Å². The molecular weight excluding hydrogens is 491 g/mol. The Balaban J connectivity index is 1.95. The molecule has 0 aliphatic heterocycles. The number of rotatable bonds is 9. The van der Waals surface area contributed by atoms with Gasteiger partial charge in [-0.05, 0) is 70.6 Å². The van der Waals surface area contributed by atoms with E-state index < -0.39 is 15.1 Å². The maximum Gasteiger partial charge on any atom is 0.229 e. The van der Waals surface area contributed by atoms with Crippen molar-refractivity contribution in [2.75, 3.05) is 24.0 Å². The lowest BCUT2D eigenvalue weighted by Gasteiger charge is -2.18. The minimum Gasteiger partial charge on any atom is -0.489 e. The summed E-state index contributed by atoms with van der Waals surface area (Å²) in [5, 5.41) is 7.19. The van der Waals surface area contributed by atoms with Gasteiger partial charge in [-0.15, -0.1) is 0 Å². The molecule has 0 radical (unpaired) electrons. The zero-order valence-corrected chi connectivity index (χ0v) is 22.6. The van der Waals surface area contributed by atoms with Crippen LogP contribution in [0.1, 0.15) is 27.7 Å². The maximum atomic E-state index is 12.8. The lowest BCUT2D eigenvalue weighted by atomic mass is 10.3. The minimum absolute atomic E-state index is 0.00138. The van der Waals surface area contributed by atoms with Gasteiger partial charge in [0.05, 0.1) is 33.8 Å². The van der Waals surface area contributed by atoms with E-state index in [4.69, 9.17) is 16.3 Å². The molecule has 182 valence electrons. The monoisotopic (exact) mass is 520 g/mol. The fraction of sp³-hybridized carbons (Fsp3) is 0.333. The van der Waals surface area contributed by atoms with Crippen LogP contribution in [0.5, 0.6) is 5.75 Å². The Morgan fingerprint density at radius 2 is 1.71 bits per heavy atom. The fourth-order valence-corrected chi connectivity index (χ4v) is 5.17. The molecule has 34 heavy (non-hydrogen) atoms. The topological polar surface area (TPSA) is 93.2 Å². The number of nitrogens with zero attached hydrogens (tertiary/aromatic N) is 2. The molecule has 2 N–H and O–H groups in total. The van der Waals surface area contributed by atoms with E-state index in [1.807, 2.05) is 26.0 Å². The second-order valence-electron chi connectivity index (χ2n) is 8.47. The van der Waals surface area contributed by atoms with Gasteiger partial charge >= 0.3 is 0 Å². The lowest BCUT2D eigenvalue weighted by Crippen LogP contribution is -2.15. The molecule has 0 spiro atoms. The first kappa shape index (κ1) is 26.2. The number of nitrogens with one attached hydrogen (secondary N) is 2. The highest BCUT2D eigenvalue weighted by atomic mass is 35.5. The van der Waals surface area contributed by atoms with Crippen LogP contribution in [0.2, 0.25) is 5.02 Å². The molecule has 0 saturated carbocycles. The van der Waals surface area contributed by atoms with Gasteiger partial charge in [-0.2, -0.15) is 4.98 Å². The molecule has 0 atom stereocenters. The minimum atomic E-state index is -3.51. The quantitative estimate of drug-likeness (QED) is 0.336. The summed E-state index contributed by atoms with van der Waals surface area (Å²) >= 11 is 6.35. The molecule has 3 aromatic rings. The van der Waals surface area contributed by atoms with Crippen LogP contribution < -0.4 is 20.7 Å². The van der Waals surface area contributed by atoms with Crippen molar-refractivity contribution in [3.63, 3.8) is 0 Å². The van der Waals surface area contributed by atoms with Crippen molar-refractivity contribution in [1.82, 2.24) is 9.97 Å². The number of benzene rings is 2. The van der Waals surface area contributed by atoms with Gasteiger partial charge in [0, 0.05) is 0 Å². The van der Waals surface area contributed by atoms with Gasteiger partial charge in [0.1, 0.15) is 10.8 Å². The number of sulfone groups is 1. The summed E-state index contributed by atoms with van der Waals surface area (Å²) in [5.74, 6) is 1.30. The Morgan fingerprint density at radius 1 is 1.00 bits per heavy atom. The maximum absolute atomic E-state index is 12.8. The Morgan fingerprint density at radius 3 is 2.35 bits per heavy atom. The Bertz CT molecular complexity index is 1270. The van der Waals surface area contributed by atoms with E-state index in [9.17, 15) is 8.42 Å². The van der Waals surface area contributed by atoms with E-state index in [-0.39, 0.29) is 23.9 Å². The third-order valence-electron chi connectivity index (χ3n) is 4.90. The average Bonchev–Trinajstić information content (AvgIpc) is 2.77. The smallest absolute Gasteiger partial charge is 0.229 e. The van der Waals surface area contributed by atoms with Crippen LogP contribution in [0.15, 0.2) is 53.6 Å². The standard InChI is InChI=1S/C24H30ClN4O3PS/c1-15(2)32-21-13-17(33(5)6)11-12-19(21)28-24-26-14-18(25)23(29-24)27-20-9-7-8-10-22(20)34(30,31)16(3)4/h7-16H,1-6H3,(H2,26,27,28,29). The predicted molar refractivity (Wildman–Crippen MR) is 143 cm³/mol. The first-order chi connectivity index (χ1) is 16.0. The second kappa shape index (κ2) is 10.9. The zero-order valence-electron chi connectivity index (χ0n) is 20.1. The fourth-order valence-electron chi connectivity index (χ4n) is 3.08. The number of hydrogen-bond donors (Lipinski definition) is 2. The van der Waals surface area contributed by atoms with Gasteiger partial charge < -0.3 is 15.4 Å². The molecule has 0 unspecified atom stereocenters. The van der Waals surface area contributed by atoms with Crippen LogP contribution in [-0.2, 0) is 9.84 Å². The molecule has 0 aliphatic carbocycles. The largest absolute Gasteiger partial charge is 0.489 e. The highest BCUT2D eigenvalue weighted by Gasteiger charge is 2.23. The number of aromatic nitrogens is 2. The number of para-hydroxylation sites is 1. The normalized spacial score (nSPS) is 11.8. The zero-order chi connectivity index (χ0) is 25.0. The molecule has 10 heteroatoms. The van der Waals surface area contributed by atoms with Gasteiger partial charge in [-0.3, -0.25) is 0 Å². The summed E-state index contributed by atoms with van der Waals surface area (Å²) in [7, 11) is -3.79. The predicted octanol–water partition coefficient (Wildman–Crippen LogP) is 5.95. The van der Waals surface area contributed by atoms with Crippen molar-refractivity contribution >= 4 is 57.8 Å². The third kappa shape index (κ3) is 6.17. The van der Waals surface area contributed by atoms with Gasteiger partial charge in [0.2, 0.25) is 5.95 Å². The Labute approximate surface area is 208 Å². The van der Waals surface area contributed by atoms with Crippen LogP contribution in [0.4, 0.5) is 23.1 Å². The summed E-state index contributed by atoms with van der Waals surface area (Å²) in [5.41, 5.74) is 1.13. The highest BCUT2D eigenvalue weighted by molar-refractivity contribution is 7.92. The van der Waals surface area contributed by atoms with E-state index in [1.165, 1.54) is 11.5 Å². The molecule has 3 rings (SSSR count). The molecule has 0 saturated heterocycles. The number of anilines is 4. The van der Waals surface area contributed by atoms with Crippen LogP contribution >= 0.6 is 19.5 Å². The van der Waals surface area contributed by atoms with Gasteiger partial charge in [0.25, 0.3) is 0 Å². The van der Waals surface area contributed by atoms with Crippen molar-refractivity contribution in [1.29, 1.82) is 0 Å². The molecule has 1 aromatic heterocycles. The summed E-state index contributed by atoms with van der Waals surface area (Å²) in [6.45, 7) is 11.6. The van der Waals surface area contributed by atoms with Crippen LogP contribution in [-0.4, -0.2) is 43.1 Å². The molecule has 0 aliphatic rings. The number of halogens is 1. The van der Waals surface area contributed by atoms with Crippen LogP contribution in [0, 0.1) is 0 Å². The molecule has 0 bridgehead atoms. The third-order valence-corrected chi connectivity index (χ3v) is 8.70. The summed E-state index contributed by atoms with van der Waals surface area (Å²) in [4.78, 5) is 8.97. The second-order valence-corrected chi connectivity index (χ2v) is 13.7. The molecule has 2 aromatic carbocycles. The Hall–Kier alpha value is -2.41. The Kier molecular flexibility index (Phi) is 8.39. The summed E-state index contributed by atoms with van der Waals surface area (Å²) in [6, 6.07) is 12.7. The number of ether oxygens (including phenoxy) is 1. The van der Waals surface area contributed by atoms with Crippen molar-refractivity contribution in [2.45, 2.75) is 43.9 Å². The molecule has 0 amide bonds. The molecule has 0 fully saturated rings. The van der Waals surface area contributed by atoms with E-state index in [2.05, 4.69) is 40.0 Å².